The van der Waals surface area contributed by atoms with Crippen molar-refractivity contribution in [3.8, 4) is 11.6 Å². The third kappa shape index (κ3) is 2.69. The number of anilines is 1. The zero-order valence-corrected chi connectivity index (χ0v) is 9.57. The van der Waals surface area contributed by atoms with Gasteiger partial charge in [0.05, 0.1) is 6.20 Å². The van der Waals surface area contributed by atoms with E-state index in [0.717, 1.165) is 17.3 Å². The first kappa shape index (κ1) is 11.3. The van der Waals surface area contributed by atoms with Gasteiger partial charge < -0.3 is 10.5 Å². The van der Waals surface area contributed by atoms with Gasteiger partial charge in [0.1, 0.15) is 5.75 Å². The lowest BCUT2D eigenvalue weighted by molar-refractivity contribution is 0.420. The van der Waals surface area contributed by atoms with E-state index in [1.165, 1.54) is 0 Å². The summed E-state index contributed by atoms with van der Waals surface area (Å²) in [6.45, 7) is 3.87. The highest BCUT2D eigenvalue weighted by Crippen LogP contribution is 2.24. The SMILES string of the molecule is Cc1cc(C)cc(Oc2nc(N)ncc2F)c1. The summed E-state index contributed by atoms with van der Waals surface area (Å²) < 4.78 is 18.7. The molecule has 1 aromatic carbocycles. The van der Waals surface area contributed by atoms with E-state index in [1.807, 2.05) is 19.9 Å². The minimum absolute atomic E-state index is 0.0224. The number of hydrogen-bond donors (Lipinski definition) is 1. The molecule has 0 unspecified atom stereocenters. The predicted octanol–water partition coefficient (Wildman–Crippen LogP) is 2.61. The quantitative estimate of drug-likeness (QED) is 0.866. The van der Waals surface area contributed by atoms with Crippen LogP contribution < -0.4 is 10.5 Å². The second-order valence-electron chi connectivity index (χ2n) is 3.81. The van der Waals surface area contributed by atoms with Crippen molar-refractivity contribution in [2.45, 2.75) is 13.8 Å². The zero-order valence-electron chi connectivity index (χ0n) is 9.57. The summed E-state index contributed by atoms with van der Waals surface area (Å²) in [5, 5.41) is 0. The molecule has 1 aromatic heterocycles. The monoisotopic (exact) mass is 233 g/mol. The summed E-state index contributed by atoms with van der Waals surface area (Å²) in [4.78, 5) is 7.22. The van der Waals surface area contributed by atoms with Crippen molar-refractivity contribution in [1.29, 1.82) is 0 Å². The molecule has 1 heterocycles. The standard InChI is InChI=1S/C12H12FN3O/c1-7-3-8(2)5-9(4-7)17-11-10(13)6-15-12(14)16-11/h3-6H,1-2H3,(H2,14,15,16). The van der Waals surface area contributed by atoms with Crippen LogP contribution in [0.3, 0.4) is 0 Å². The zero-order chi connectivity index (χ0) is 12.4. The summed E-state index contributed by atoms with van der Waals surface area (Å²) in [5.41, 5.74) is 7.43. The number of nitrogen functional groups attached to an aromatic ring is 1. The topological polar surface area (TPSA) is 61.0 Å². The lowest BCUT2D eigenvalue weighted by atomic mass is 10.1. The number of benzene rings is 1. The molecule has 5 heteroatoms. The number of nitrogens with zero attached hydrogens (tertiary/aromatic N) is 2. The molecule has 17 heavy (non-hydrogen) atoms. The molecule has 2 rings (SSSR count). The van der Waals surface area contributed by atoms with Crippen LogP contribution in [-0.2, 0) is 0 Å². The number of hydrogen-bond acceptors (Lipinski definition) is 4. The van der Waals surface area contributed by atoms with Gasteiger partial charge in [-0.1, -0.05) is 6.07 Å². The van der Waals surface area contributed by atoms with Crippen molar-refractivity contribution in [1.82, 2.24) is 9.97 Å². The van der Waals surface area contributed by atoms with E-state index in [-0.39, 0.29) is 11.8 Å². The summed E-state index contributed by atoms with van der Waals surface area (Å²) >= 11 is 0. The largest absolute Gasteiger partial charge is 0.436 e. The molecule has 0 aliphatic rings. The Hall–Kier alpha value is -2.17. The highest BCUT2D eigenvalue weighted by molar-refractivity contribution is 5.36. The van der Waals surface area contributed by atoms with Crippen LogP contribution in [0, 0.1) is 19.7 Å². The summed E-state index contributed by atoms with van der Waals surface area (Å²) in [6.07, 6.45) is 0.986. The highest BCUT2D eigenvalue weighted by Gasteiger charge is 2.08. The molecule has 0 saturated heterocycles. The van der Waals surface area contributed by atoms with Gasteiger partial charge in [0.2, 0.25) is 11.8 Å². The molecular weight excluding hydrogens is 221 g/mol. The molecule has 4 nitrogen and oxygen atoms in total. The van der Waals surface area contributed by atoms with Gasteiger partial charge in [-0.2, -0.15) is 9.37 Å². The van der Waals surface area contributed by atoms with Gasteiger partial charge in [0.15, 0.2) is 0 Å². The maximum Gasteiger partial charge on any atom is 0.260 e. The average molecular weight is 233 g/mol. The van der Waals surface area contributed by atoms with Gasteiger partial charge in [-0.25, -0.2) is 4.98 Å². The Morgan fingerprint density at radius 1 is 1.18 bits per heavy atom. The minimum atomic E-state index is -0.640. The van der Waals surface area contributed by atoms with Gasteiger partial charge in [0, 0.05) is 0 Å². The molecule has 0 aliphatic heterocycles. The number of ether oxygens (including phenoxy) is 1. The van der Waals surface area contributed by atoms with E-state index < -0.39 is 5.82 Å². The molecule has 0 fully saturated rings. The summed E-state index contributed by atoms with van der Waals surface area (Å²) in [6, 6.07) is 5.59. The third-order valence-corrected chi connectivity index (χ3v) is 2.14. The van der Waals surface area contributed by atoms with Crippen molar-refractivity contribution in [2.24, 2.45) is 0 Å². The first-order chi connectivity index (χ1) is 8.04. The second kappa shape index (κ2) is 4.37. The number of halogens is 1. The molecule has 2 N–H and O–H groups in total. The molecule has 2 aromatic rings. The number of rotatable bonds is 2. The lowest BCUT2D eigenvalue weighted by Gasteiger charge is -2.07. The Morgan fingerprint density at radius 3 is 2.47 bits per heavy atom. The van der Waals surface area contributed by atoms with Crippen molar-refractivity contribution in [2.75, 3.05) is 5.73 Å². The van der Waals surface area contributed by atoms with Crippen molar-refractivity contribution in [3.63, 3.8) is 0 Å². The van der Waals surface area contributed by atoms with Crippen LogP contribution in [0.1, 0.15) is 11.1 Å². The predicted molar refractivity (Wildman–Crippen MR) is 62.4 cm³/mol. The van der Waals surface area contributed by atoms with Gasteiger partial charge in [-0.3, -0.25) is 0 Å². The summed E-state index contributed by atoms with van der Waals surface area (Å²) in [5.74, 6) is -0.300. The van der Waals surface area contributed by atoms with Crippen LogP contribution in [-0.4, -0.2) is 9.97 Å². The van der Waals surface area contributed by atoms with Crippen LogP contribution in [0.15, 0.2) is 24.4 Å². The molecule has 0 atom stereocenters. The molecule has 0 saturated carbocycles. The summed E-state index contributed by atoms with van der Waals surface area (Å²) in [7, 11) is 0. The Kier molecular flexibility index (Phi) is 2.91. The average Bonchev–Trinajstić information content (AvgIpc) is 2.22. The van der Waals surface area contributed by atoms with Crippen molar-refractivity contribution < 1.29 is 9.13 Å². The lowest BCUT2D eigenvalue weighted by Crippen LogP contribution is -1.99. The van der Waals surface area contributed by atoms with E-state index in [4.69, 9.17) is 10.5 Å². The first-order valence-electron chi connectivity index (χ1n) is 5.09. The fourth-order valence-corrected chi connectivity index (χ4v) is 1.54. The van der Waals surface area contributed by atoms with Crippen LogP contribution in [0.4, 0.5) is 10.3 Å². The fourth-order valence-electron chi connectivity index (χ4n) is 1.54. The molecule has 0 spiro atoms. The van der Waals surface area contributed by atoms with Gasteiger partial charge in [-0.15, -0.1) is 0 Å². The van der Waals surface area contributed by atoms with Crippen molar-refractivity contribution in [3.05, 3.63) is 41.3 Å². The smallest absolute Gasteiger partial charge is 0.260 e. The van der Waals surface area contributed by atoms with Gasteiger partial charge >= 0.3 is 0 Å². The fraction of sp³-hybridized carbons (Fsp3) is 0.167. The van der Waals surface area contributed by atoms with Gasteiger partial charge in [-0.05, 0) is 37.1 Å². The molecule has 0 radical (unpaired) electrons. The van der Waals surface area contributed by atoms with E-state index in [9.17, 15) is 4.39 Å². The van der Waals surface area contributed by atoms with Crippen LogP contribution >= 0.6 is 0 Å². The third-order valence-electron chi connectivity index (χ3n) is 2.14. The maximum atomic E-state index is 13.4. The van der Waals surface area contributed by atoms with E-state index in [2.05, 4.69) is 9.97 Å². The molecular formula is C12H12FN3O. The Labute approximate surface area is 98.3 Å². The Balaban J connectivity index is 2.34. The molecule has 0 bridgehead atoms. The van der Waals surface area contributed by atoms with Crippen molar-refractivity contribution >= 4 is 5.95 Å². The second-order valence-corrected chi connectivity index (χ2v) is 3.81. The Morgan fingerprint density at radius 2 is 1.82 bits per heavy atom. The van der Waals surface area contributed by atoms with E-state index in [1.54, 1.807) is 12.1 Å². The number of aromatic nitrogens is 2. The molecule has 0 amide bonds. The number of nitrogens with two attached hydrogens (primary N) is 1. The normalized spacial score (nSPS) is 10.3. The van der Waals surface area contributed by atoms with Crippen LogP contribution in [0.2, 0.25) is 0 Å². The van der Waals surface area contributed by atoms with Gasteiger partial charge in [0.25, 0.3) is 5.88 Å². The molecule has 88 valence electrons. The van der Waals surface area contributed by atoms with E-state index in [0.29, 0.717) is 5.75 Å². The van der Waals surface area contributed by atoms with Crippen LogP contribution in [0.5, 0.6) is 11.6 Å². The minimum Gasteiger partial charge on any atom is -0.436 e. The maximum absolute atomic E-state index is 13.4. The first-order valence-corrected chi connectivity index (χ1v) is 5.09. The highest BCUT2D eigenvalue weighted by atomic mass is 19.1. The van der Waals surface area contributed by atoms with E-state index >= 15 is 0 Å². The molecule has 0 aliphatic carbocycles. The number of aryl methyl sites for hydroxylation is 2. The van der Waals surface area contributed by atoms with Crippen LogP contribution in [0.25, 0.3) is 0 Å². The Bertz CT molecular complexity index is 537.